The number of hydrogen-bond acceptors (Lipinski definition) is 4. The molecule has 0 spiro atoms. The number of nitrogens with zero attached hydrogens (tertiary/aromatic N) is 3. The van der Waals surface area contributed by atoms with Crippen molar-refractivity contribution in [3.63, 3.8) is 0 Å². The Balaban J connectivity index is 2.04. The SMILES string of the molecule is C=CC(=O)N1CCCC(n2nc(-c3ccc(Cl)c(Cl)c3)c(C(N)=O)c2N)C1. The van der Waals surface area contributed by atoms with Crippen LogP contribution in [0.15, 0.2) is 30.9 Å². The average Bonchev–Trinajstić information content (AvgIpc) is 3.01. The maximum absolute atomic E-state index is 12.0. The molecule has 3 rings (SSSR count). The minimum Gasteiger partial charge on any atom is -0.383 e. The molecule has 7 nitrogen and oxygen atoms in total. The fourth-order valence-corrected chi connectivity index (χ4v) is 3.60. The van der Waals surface area contributed by atoms with E-state index in [9.17, 15) is 9.59 Å². The van der Waals surface area contributed by atoms with Crippen molar-refractivity contribution < 1.29 is 9.59 Å². The number of carbonyl (C=O) groups excluding carboxylic acids is 2. The molecule has 27 heavy (non-hydrogen) atoms. The number of nitrogen functional groups attached to an aromatic ring is 1. The lowest BCUT2D eigenvalue weighted by Crippen LogP contribution is -2.40. The van der Waals surface area contributed by atoms with E-state index in [1.807, 2.05) is 0 Å². The van der Waals surface area contributed by atoms with Crippen LogP contribution in [0.1, 0.15) is 29.2 Å². The summed E-state index contributed by atoms with van der Waals surface area (Å²) in [6.07, 6.45) is 2.84. The summed E-state index contributed by atoms with van der Waals surface area (Å²) in [5, 5.41) is 5.26. The monoisotopic (exact) mass is 407 g/mol. The highest BCUT2D eigenvalue weighted by atomic mass is 35.5. The summed E-state index contributed by atoms with van der Waals surface area (Å²) < 4.78 is 1.57. The van der Waals surface area contributed by atoms with E-state index in [0.29, 0.717) is 34.4 Å². The molecule has 0 saturated carbocycles. The van der Waals surface area contributed by atoms with Crippen LogP contribution in [0, 0.1) is 0 Å². The van der Waals surface area contributed by atoms with Gasteiger partial charge in [-0.2, -0.15) is 5.10 Å². The highest BCUT2D eigenvalue weighted by Gasteiger charge is 2.29. The summed E-state index contributed by atoms with van der Waals surface area (Å²) in [5.74, 6) is -0.665. The van der Waals surface area contributed by atoms with E-state index in [0.717, 1.165) is 12.8 Å². The van der Waals surface area contributed by atoms with Crippen molar-refractivity contribution in [2.45, 2.75) is 18.9 Å². The second kappa shape index (κ2) is 7.62. The van der Waals surface area contributed by atoms with Crippen LogP contribution in [0.25, 0.3) is 11.3 Å². The Morgan fingerprint density at radius 2 is 2.04 bits per heavy atom. The average molecular weight is 408 g/mol. The summed E-state index contributed by atoms with van der Waals surface area (Å²) in [6.45, 7) is 4.59. The van der Waals surface area contributed by atoms with Crippen molar-refractivity contribution in [1.82, 2.24) is 14.7 Å². The van der Waals surface area contributed by atoms with Gasteiger partial charge in [-0.05, 0) is 31.1 Å². The number of amides is 2. The first-order valence-corrected chi connectivity index (χ1v) is 9.13. The Labute approximate surface area is 166 Å². The van der Waals surface area contributed by atoms with Gasteiger partial charge in [-0.1, -0.05) is 35.8 Å². The van der Waals surface area contributed by atoms with Gasteiger partial charge in [0.25, 0.3) is 5.91 Å². The van der Waals surface area contributed by atoms with Gasteiger partial charge in [0, 0.05) is 18.7 Å². The Bertz CT molecular complexity index is 925. The molecule has 1 aliphatic rings. The number of nitrogens with two attached hydrogens (primary N) is 2. The van der Waals surface area contributed by atoms with Gasteiger partial charge in [0.1, 0.15) is 17.1 Å². The second-order valence-corrected chi connectivity index (χ2v) is 7.15. The van der Waals surface area contributed by atoms with Gasteiger partial charge in [-0.25, -0.2) is 4.68 Å². The predicted molar refractivity (Wildman–Crippen MR) is 106 cm³/mol. The summed E-state index contributed by atoms with van der Waals surface area (Å²) in [7, 11) is 0. The summed E-state index contributed by atoms with van der Waals surface area (Å²) in [6, 6.07) is 4.75. The summed E-state index contributed by atoms with van der Waals surface area (Å²) >= 11 is 12.1. The van der Waals surface area contributed by atoms with Gasteiger partial charge < -0.3 is 16.4 Å². The van der Waals surface area contributed by atoms with E-state index in [4.69, 9.17) is 34.7 Å². The third-order valence-electron chi connectivity index (χ3n) is 4.62. The molecular formula is C18H19Cl2N5O2. The molecule has 1 aromatic carbocycles. The zero-order chi connectivity index (χ0) is 19.7. The summed E-state index contributed by atoms with van der Waals surface area (Å²) in [4.78, 5) is 25.7. The highest BCUT2D eigenvalue weighted by Crippen LogP contribution is 2.34. The van der Waals surface area contributed by atoms with Crippen LogP contribution in [0.5, 0.6) is 0 Å². The molecule has 0 radical (unpaired) electrons. The lowest BCUT2D eigenvalue weighted by atomic mass is 10.1. The molecule has 0 aliphatic carbocycles. The quantitative estimate of drug-likeness (QED) is 0.759. The molecule has 2 aromatic rings. The topological polar surface area (TPSA) is 107 Å². The molecule has 1 fully saturated rings. The van der Waals surface area contributed by atoms with Crippen LogP contribution >= 0.6 is 23.2 Å². The summed E-state index contributed by atoms with van der Waals surface area (Å²) in [5.41, 5.74) is 12.8. The van der Waals surface area contributed by atoms with Gasteiger partial charge in [-0.15, -0.1) is 0 Å². The molecule has 0 bridgehead atoms. The van der Waals surface area contributed by atoms with Crippen LogP contribution in [-0.2, 0) is 4.79 Å². The first kappa shape index (κ1) is 19.3. The van der Waals surface area contributed by atoms with E-state index in [1.54, 1.807) is 27.8 Å². The lowest BCUT2D eigenvalue weighted by Gasteiger charge is -2.32. The molecule has 1 aliphatic heterocycles. The number of aromatic nitrogens is 2. The van der Waals surface area contributed by atoms with Gasteiger partial charge in [0.15, 0.2) is 0 Å². The predicted octanol–water partition coefficient (Wildman–Crippen LogP) is 2.89. The fourth-order valence-electron chi connectivity index (χ4n) is 3.30. The van der Waals surface area contributed by atoms with Crippen molar-refractivity contribution in [2.75, 3.05) is 18.8 Å². The van der Waals surface area contributed by atoms with E-state index in [1.165, 1.54) is 6.08 Å². The van der Waals surface area contributed by atoms with E-state index in [-0.39, 0.29) is 23.3 Å². The number of hydrogen-bond donors (Lipinski definition) is 2. The van der Waals surface area contributed by atoms with Crippen LogP contribution in [0.4, 0.5) is 5.82 Å². The largest absolute Gasteiger partial charge is 0.383 e. The number of likely N-dealkylation sites (tertiary alicyclic amines) is 1. The van der Waals surface area contributed by atoms with Crippen LogP contribution in [0.2, 0.25) is 10.0 Å². The maximum Gasteiger partial charge on any atom is 0.254 e. The zero-order valence-corrected chi connectivity index (χ0v) is 16.0. The van der Waals surface area contributed by atoms with Gasteiger partial charge in [0.2, 0.25) is 5.91 Å². The first-order valence-electron chi connectivity index (χ1n) is 8.38. The molecule has 2 heterocycles. The molecule has 1 saturated heterocycles. The number of benzene rings is 1. The fraction of sp³-hybridized carbons (Fsp3) is 0.278. The number of piperidine rings is 1. The standard InChI is InChI=1S/C18H19Cl2N5O2/c1-2-14(26)24-7-3-4-11(9-24)25-17(21)15(18(22)27)16(23-25)10-5-6-12(19)13(20)8-10/h2,5-6,8,11H,1,3-4,7,9,21H2,(H2,22,27). The van der Waals surface area contributed by atoms with E-state index in [2.05, 4.69) is 11.7 Å². The number of primary amides is 1. The Morgan fingerprint density at radius 3 is 2.67 bits per heavy atom. The highest BCUT2D eigenvalue weighted by molar-refractivity contribution is 6.42. The molecule has 4 N–H and O–H groups in total. The molecule has 1 aromatic heterocycles. The Morgan fingerprint density at radius 1 is 1.30 bits per heavy atom. The van der Waals surface area contributed by atoms with E-state index < -0.39 is 5.91 Å². The third-order valence-corrected chi connectivity index (χ3v) is 5.35. The molecule has 142 valence electrons. The lowest BCUT2D eigenvalue weighted by molar-refractivity contribution is -0.127. The normalized spacial score (nSPS) is 17.0. The Kier molecular flexibility index (Phi) is 5.43. The minimum absolute atomic E-state index is 0.126. The number of carbonyl (C=O) groups is 2. The smallest absolute Gasteiger partial charge is 0.254 e. The first-order chi connectivity index (χ1) is 12.8. The van der Waals surface area contributed by atoms with Gasteiger partial charge in [-0.3, -0.25) is 9.59 Å². The zero-order valence-electron chi connectivity index (χ0n) is 14.5. The van der Waals surface area contributed by atoms with Crippen LogP contribution in [0.3, 0.4) is 0 Å². The van der Waals surface area contributed by atoms with Crippen molar-refractivity contribution in [2.24, 2.45) is 5.73 Å². The van der Waals surface area contributed by atoms with E-state index >= 15 is 0 Å². The van der Waals surface area contributed by atoms with Crippen molar-refractivity contribution in [3.05, 3.63) is 46.5 Å². The Hall–Kier alpha value is -2.51. The number of rotatable bonds is 4. The third kappa shape index (κ3) is 3.65. The van der Waals surface area contributed by atoms with Gasteiger partial charge in [0.05, 0.1) is 16.1 Å². The molecule has 2 amide bonds. The molecule has 1 unspecified atom stereocenters. The maximum atomic E-state index is 12.0. The van der Waals surface area contributed by atoms with Crippen molar-refractivity contribution in [3.8, 4) is 11.3 Å². The van der Waals surface area contributed by atoms with Crippen molar-refractivity contribution in [1.29, 1.82) is 0 Å². The number of anilines is 1. The van der Waals surface area contributed by atoms with Crippen molar-refractivity contribution >= 4 is 40.8 Å². The molecular weight excluding hydrogens is 389 g/mol. The second-order valence-electron chi connectivity index (χ2n) is 6.33. The van der Waals surface area contributed by atoms with Crippen LogP contribution in [-0.4, -0.2) is 39.6 Å². The number of halogens is 2. The van der Waals surface area contributed by atoms with Gasteiger partial charge >= 0.3 is 0 Å². The van der Waals surface area contributed by atoms with Crippen LogP contribution < -0.4 is 11.5 Å². The molecule has 9 heteroatoms. The minimum atomic E-state index is -0.686. The molecule has 1 atom stereocenters.